The van der Waals surface area contributed by atoms with Crippen molar-refractivity contribution in [1.82, 2.24) is 0 Å². The van der Waals surface area contributed by atoms with Crippen LogP contribution in [0, 0.1) is 0 Å². The van der Waals surface area contributed by atoms with E-state index in [-0.39, 0.29) is 23.9 Å². The highest BCUT2D eigenvalue weighted by Crippen LogP contribution is 2.39. The van der Waals surface area contributed by atoms with Crippen LogP contribution in [0.2, 0.25) is 0 Å². The number of hydrogen-bond acceptors (Lipinski definition) is 3. The molecule has 0 saturated carbocycles. The molecule has 0 amide bonds. The van der Waals surface area contributed by atoms with Crippen molar-refractivity contribution in [3.05, 3.63) is 65.2 Å². The van der Waals surface area contributed by atoms with Crippen LogP contribution in [0.25, 0.3) is 0 Å². The molecule has 0 unspecified atom stereocenters. The minimum Gasteiger partial charge on any atom is -0.478 e. The van der Waals surface area contributed by atoms with Crippen molar-refractivity contribution in [2.75, 3.05) is 0 Å². The summed E-state index contributed by atoms with van der Waals surface area (Å²) < 4.78 is 5.19. The lowest BCUT2D eigenvalue weighted by molar-refractivity contribution is -0.135. The van der Waals surface area contributed by atoms with E-state index in [1.165, 1.54) is 6.07 Å². The van der Waals surface area contributed by atoms with Crippen LogP contribution in [0.3, 0.4) is 0 Å². The summed E-state index contributed by atoms with van der Waals surface area (Å²) in [6.07, 6.45) is 0.222. The topological polar surface area (TPSA) is 63.6 Å². The SMILES string of the molecule is O=C1C[C@@H](c2ccccc2)c2cc(C(=O)O)ccc2O1. The van der Waals surface area contributed by atoms with E-state index in [1.807, 2.05) is 30.3 Å². The van der Waals surface area contributed by atoms with Crippen molar-refractivity contribution in [3.8, 4) is 5.75 Å². The average Bonchev–Trinajstić information content (AvgIpc) is 2.46. The number of fused-ring (bicyclic) bond motifs is 1. The highest BCUT2D eigenvalue weighted by Gasteiger charge is 2.29. The minimum atomic E-state index is -0.989. The maximum Gasteiger partial charge on any atom is 0.335 e. The Balaban J connectivity index is 2.12. The van der Waals surface area contributed by atoms with Gasteiger partial charge in [0.1, 0.15) is 5.75 Å². The first-order valence-electron chi connectivity index (χ1n) is 6.28. The van der Waals surface area contributed by atoms with Gasteiger partial charge in [0.05, 0.1) is 12.0 Å². The highest BCUT2D eigenvalue weighted by molar-refractivity contribution is 5.89. The van der Waals surface area contributed by atoms with Crippen molar-refractivity contribution in [2.45, 2.75) is 12.3 Å². The number of ether oxygens (including phenoxy) is 1. The summed E-state index contributed by atoms with van der Waals surface area (Å²) in [5, 5.41) is 9.09. The molecule has 4 nitrogen and oxygen atoms in total. The summed E-state index contributed by atoms with van der Waals surface area (Å²) in [6, 6.07) is 14.1. The zero-order valence-corrected chi connectivity index (χ0v) is 10.6. The summed E-state index contributed by atoms with van der Waals surface area (Å²) >= 11 is 0. The fraction of sp³-hybridized carbons (Fsp3) is 0.125. The first-order chi connectivity index (χ1) is 9.65. The van der Waals surface area contributed by atoms with Crippen molar-refractivity contribution < 1.29 is 19.4 Å². The van der Waals surface area contributed by atoms with Crippen LogP contribution in [-0.4, -0.2) is 17.0 Å². The van der Waals surface area contributed by atoms with Crippen LogP contribution in [0.5, 0.6) is 5.75 Å². The Morgan fingerprint density at radius 1 is 1.15 bits per heavy atom. The van der Waals surface area contributed by atoms with Gasteiger partial charge in [-0.2, -0.15) is 0 Å². The zero-order chi connectivity index (χ0) is 14.1. The van der Waals surface area contributed by atoms with Gasteiger partial charge in [-0.3, -0.25) is 4.79 Å². The smallest absolute Gasteiger partial charge is 0.335 e. The molecule has 2 aromatic carbocycles. The summed E-state index contributed by atoms with van der Waals surface area (Å²) in [4.78, 5) is 22.8. The maximum absolute atomic E-state index is 11.7. The van der Waals surface area contributed by atoms with E-state index in [0.29, 0.717) is 5.75 Å². The van der Waals surface area contributed by atoms with Gasteiger partial charge in [0.15, 0.2) is 0 Å². The van der Waals surface area contributed by atoms with E-state index in [1.54, 1.807) is 12.1 Å². The van der Waals surface area contributed by atoms with Crippen LogP contribution < -0.4 is 4.74 Å². The number of carbonyl (C=O) groups is 2. The Bertz CT molecular complexity index is 676. The quantitative estimate of drug-likeness (QED) is 0.672. The molecule has 0 bridgehead atoms. The van der Waals surface area contributed by atoms with Gasteiger partial charge in [0.2, 0.25) is 0 Å². The number of carboxylic acid groups (broad SMARTS) is 1. The molecule has 20 heavy (non-hydrogen) atoms. The summed E-state index contributed by atoms with van der Waals surface area (Å²) in [5.41, 5.74) is 1.92. The van der Waals surface area contributed by atoms with E-state index < -0.39 is 5.97 Å². The Kier molecular flexibility index (Phi) is 2.99. The largest absolute Gasteiger partial charge is 0.478 e. The third-order valence-electron chi connectivity index (χ3n) is 3.43. The molecule has 3 rings (SSSR count). The number of esters is 1. The van der Waals surface area contributed by atoms with Gasteiger partial charge < -0.3 is 9.84 Å². The summed E-state index contributed by atoms with van der Waals surface area (Å²) in [6.45, 7) is 0. The Morgan fingerprint density at radius 3 is 2.60 bits per heavy atom. The first kappa shape index (κ1) is 12.4. The lowest BCUT2D eigenvalue weighted by Gasteiger charge is -2.25. The van der Waals surface area contributed by atoms with Gasteiger partial charge in [-0.05, 0) is 23.8 Å². The van der Waals surface area contributed by atoms with Crippen LogP contribution in [0.1, 0.15) is 33.8 Å². The third kappa shape index (κ3) is 2.16. The van der Waals surface area contributed by atoms with E-state index in [2.05, 4.69) is 0 Å². The summed E-state index contributed by atoms with van der Waals surface area (Å²) in [7, 11) is 0. The molecule has 1 aliphatic heterocycles. The molecule has 1 atom stereocenters. The normalized spacial score (nSPS) is 17.2. The predicted octanol–water partition coefficient (Wildman–Crippen LogP) is 2.83. The predicted molar refractivity (Wildman–Crippen MR) is 71.9 cm³/mol. The molecule has 1 heterocycles. The molecule has 0 spiro atoms. The standard InChI is InChI=1S/C16H12O4/c17-15-9-12(10-4-2-1-3-5-10)13-8-11(16(18)19)6-7-14(13)20-15/h1-8,12H,9H2,(H,18,19)/t12-/m0/s1. The molecule has 0 saturated heterocycles. The molecule has 0 fully saturated rings. The summed E-state index contributed by atoms with van der Waals surface area (Å²) in [5.74, 6) is -1.00. The number of carbonyl (C=O) groups excluding carboxylic acids is 1. The highest BCUT2D eigenvalue weighted by atomic mass is 16.5. The fourth-order valence-corrected chi connectivity index (χ4v) is 2.47. The van der Waals surface area contributed by atoms with Crippen LogP contribution in [0.15, 0.2) is 48.5 Å². The fourth-order valence-electron chi connectivity index (χ4n) is 2.47. The lowest BCUT2D eigenvalue weighted by Crippen LogP contribution is -2.21. The number of carboxylic acids is 1. The van der Waals surface area contributed by atoms with Crippen molar-refractivity contribution in [3.63, 3.8) is 0 Å². The van der Waals surface area contributed by atoms with Crippen molar-refractivity contribution >= 4 is 11.9 Å². The molecule has 2 aromatic rings. The second-order valence-electron chi connectivity index (χ2n) is 4.70. The number of aromatic carboxylic acids is 1. The Morgan fingerprint density at radius 2 is 1.90 bits per heavy atom. The molecular weight excluding hydrogens is 256 g/mol. The molecule has 4 heteroatoms. The monoisotopic (exact) mass is 268 g/mol. The molecule has 0 aliphatic carbocycles. The van der Waals surface area contributed by atoms with E-state index in [0.717, 1.165) is 11.1 Å². The zero-order valence-electron chi connectivity index (χ0n) is 10.6. The molecule has 1 aliphatic rings. The second-order valence-corrected chi connectivity index (χ2v) is 4.70. The number of hydrogen-bond donors (Lipinski definition) is 1. The van der Waals surface area contributed by atoms with Gasteiger partial charge in [0.25, 0.3) is 0 Å². The van der Waals surface area contributed by atoms with Crippen LogP contribution in [0.4, 0.5) is 0 Å². The first-order valence-corrected chi connectivity index (χ1v) is 6.28. The third-order valence-corrected chi connectivity index (χ3v) is 3.43. The van der Waals surface area contributed by atoms with E-state index >= 15 is 0 Å². The Hall–Kier alpha value is -2.62. The lowest BCUT2D eigenvalue weighted by atomic mass is 9.85. The molecule has 1 N–H and O–H groups in total. The van der Waals surface area contributed by atoms with E-state index in [4.69, 9.17) is 9.84 Å². The minimum absolute atomic E-state index is 0.160. The molecule has 0 radical (unpaired) electrons. The maximum atomic E-state index is 11.7. The van der Waals surface area contributed by atoms with Gasteiger partial charge >= 0.3 is 11.9 Å². The van der Waals surface area contributed by atoms with Crippen molar-refractivity contribution in [1.29, 1.82) is 0 Å². The van der Waals surface area contributed by atoms with Gasteiger partial charge in [0, 0.05) is 11.5 Å². The van der Waals surface area contributed by atoms with Crippen molar-refractivity contribution in [2.24, 2.45) is 0 Å². The van der Waals surface area contributed by atoms with Crippen LogP contribution >= 0.6 is 0 Å². The van der Waals surface area contributed by atoms with Crippen LogP contribution in [-0.2, 0) is 4.79 Å². The van der Waals surface area contributed by atoms with Gasteiger partial charge in [-0.25, -0.2) is 4.79 Å². The van der Waals surface area contributed by atoms with Gasteiger partial charge in [-0.15, -0.1) is 0 Å². The Labute approximate surface area is 115 Å². The van der Waals surface area contributed by atoms with Gasteiger partial charge in [-0.1, -0.05) is 30.3 Å². The molecular formula is C16H12O4. The average molecular weight is 268 g/mol. The number of rotatable bonds is 2. The second kappa shape index (κ2) is 4.81. The number of benzene rings is 2. The van der Waals surface area contributed by atoms with E-state index in [9.17, 15) is 9.59 Å². The molecule has 100 valence electrons. The molecule has 0 aromatic heterocycles.